The van der Waals surface area contributed by atoms with Crippen molar-refractivity contribution in [2.75, 3.05) is 51.3 Å². The van der Waals surface area contributed by atoms with E-state index in [0.29, 0.717) is 17.9 Å². The van der Waals surface area contributed by atoms with E-state index in [4.69, 9.17) is 9.47 Å². The van der Waals surface area contributed by atoms with Crippen molar-refractivity contribution in [3.8, 4) is 11.5 Å². The van der Waals surface area contributed by atoms with E-state index in [1.807, 2.05) is 48.5 Å². The zero-order valence-electron chi connectivity index (χ0n) is 20.8. The number of aliphatic hydroxyl groups is 1. The van der Waals surface area contributed by atoms with Crippen molar-refractivity contribution in [2.45, 2.75) is 18.9 Å². The van der Waals surface area contributed by atoms with Crippen LogP contribution in [0.1, 0.15) is 21.5 Å². The lowest BCUT2D eigenvalue weighted by atomic mass is 9.96. The maximum Gasteiger partial charge on any atom is 0.170 e. The molecule has 1 heterocycles. The van der Waals surface area contributed by atoms with Crippen molar-refractivity contribution < 1.29 is 19.4 Å². The second kappa shape index (κ2) is 11.1. The fourth-order valence-electron chi connectivity index (χ4n) is 5.29. The summed E-state index contributed by atoms with van der Waals surface area (Å²) in [7, 11) is 1.68. The number of nitrogens with zero attached hydrogens (tertiary/aromatic N) is 2. The van der Waals surface area contributed by atoms with E-state index in [-0.39, 0.29) is 18.3 Å². The van der Waals surface area contributed by atoms with Crippen LogP contribution in [0, 0.1) is 5.92 Å². The van der Waals surface area contributed by atoms with Crippen LogP contribution < -0.4 is 14.4 Å². The van der Waals surface area contributed by atoms with Crippen molar-refractivity contribution in [3.63, 3.8) is 0 Å². The van der Waals surface area contributed by atoms with Crippen molar-refractivity contribution in [1.29, 1.82) is 0 Å². The summed E-state index contributed by atoms with van der Waals surface area (Å²) in [5.74, 6) is 1.54. The quantitative estimate of drug-likeness (QED) is 0.496. The van der Waals surface area contributed by atoms with Gasteiger partial charge in [0.05, 0.1) is 12.7 Å². The number of ketones is 1. The highest BCUT2D eigenvalue weighted by Crippen LogP contribution is 2.35. The molecule has 1 aliphatic heterocycles. The molecule has 0 amide bonds. The third kappa shape index (κ3) is 5.55. The maximum atomic E-state index is 13.2. The Hall–Kier alpha value is -3.35. The van der Waals surface area contributed by atoms with Crippen LogP contribution >= 0.6 is 0 Å². The minimum atomic E-state index is -0.620. The van der Waals surface area contributed by atoms with E-state index >= 15 is 0 Å². The molecule has 1 aliphatic carbocycles. The van der Waals surface area contributed by atoms with Gasteiger partial charge in [0.25, 0.3) is 0 Å². The third-order valence-electron chi connectivity index (χ3n) is 7.23. The highest BCUT2D eigenvalue weighted by Gasteiger charge is 2.33. The average Bonchev–Trinajstić information content (AvgIpc) is 3.24. The minimum Gasteiger partial charge on any atom is -0.497 e. The summed E-state index contributed by atoms with van der Waals surface area (Å²) < 4.78 is 11.3. The molecule has 2 aliphatic rings. The summed E-state index contributed by atoms with van der Waals surface area (Å²) >= 11 is 0. The summed E-state index contributed by atoms with van der Waals surface area (Å²) in [6.07, 6.45) is 0.852. The van der Waals surface area contributed by atoms with Crippen LogP contribution in [-0.4, -0.2) is 68.3 Å². The van der Waals surface area contributed by atoms with Crippen molar-refractivity contribution in [2.24, 2.45) is 5.92 Å². The van der Waals surface area contributed by atoms with Gasteiger partial charge in [-0.3, -0.25) is 9.69 Å². The fourth-order valence-corrected chi connectivity index (χ4v) is 5.29. The van der Waals surface area contributed by atoms with Gasteiger partial charge in [-0.1, -0.05) is 42.5 Å². The number of hydrogen-bond acceptors (Lipinski definition) is 6. The number of hydrogen-bond donors (Lipinski definition) is 1. The lowest BCUT2D eigenvalue weighted by Crippen LogP contribution is -2.49. The van der Waals surface area contributed by atoms with Crippen molar-refractivity contribution in [3.05, 3.63) is 89.5 Å². The summed E-state index contributed by atoms with van der Waals surface area (Å²) in [6, 6.07) is 24.1. The standard InChI is InChI=1S/C30H34N2O4/c1-35-27-12-10-25(11-13-27)32-16-14-31(15-17-32)20-26(33)21-36-28-9-5-8-23-19-24(30(34)29(23)28)18-22-6-3-2-4-7-22/h2-13,24,26,33H,14-21H2,1H3/t24-,26+/m0/s1. The predicted octanol–water partition coefficient (Wildman–Crippen LogP) is 3.85. The molecule has 0 bridgehead atoms. The van der Waals surface area contributed by atoms with Crippen molar-refractivity contribution in [1.82, 2.24) is 4.90 Å². The van der Waals surface area contributed by atoms with Crippen LogP contribution in [-0.2, 0) is 12.8 Å². The fraction of sp³-hybridized carbons (Fsp3) is 0.367. The number of benzene rings is 3. The maximum absolute atomic E-state index is 13.2. The first kappa shape index (κ1) is 24.3. The smallest absolute Gasteiger partial charge is 0.170 e. The van der Waals surface area contributed by atoms with E-state index in [0.717, 1.165) is 50.3 Å². The number of ether oxygens (including phenoxy) is 2. The number of β-amino-alcohol motifs (C(OH)–C–C–N with tert-alkyl or cyclic N) is 1. The number of carbonyl (C=O) groups is 1. The Labute approximate surface area is 213 Å². The molecule has 1 N–H and O–H groups in total. The Morgan fingerprint density at radius 2 is 1.69 bits per heavy atom. The normalized spacial score (nSPS) is 18.7. The molecule has 3 aromatic carbocycles. The number of piperazine rings is 1. The van der Waals surface area contributed by atoms with Crippen LogP contribution in [0.4, 0.5) is 5.69 Å². The Morgan fingerprint density at radius 3 is 2.42 bits per heavy atom. The van der Waals surface area contributed by atoms with Gasteiger partial charge in [-0.05, 0) is 54.3 Å². The lowest BCUT2D eigenvalue weighted by molar-refractivity contribution is 0.0655. The van der Waals surface area contributed by atoms with Gasteiger partial charge in [0.2, 0.25) is 0 Å². The van der Waals surface area contributed by atoms with Gasteiger partial charge in [-0.25, -0.2) is 0 Å². The topological polar surface area (TPSA) is 62.2 Å². The zero-order chi connectivity index (χ0) is 24.9. The van der Waals surface area contributed by atoms with Crippen molar-refractivity contribution >= 4 is 11.5 Å². The molecule has 1 saturated heterocycles. The molecule has 6 heteroatoms. The first-order valence-electron chi connectivity index (χ1n) is 12.7. The van der Waals surface area contributed by atoms with E-state index in [2.05, 4.69) is 34.1 Å². The molecule has 36 heavy (non-hydrogen) atoms. The minimum absolute atomic E-state index is 0.0564. The summed E-state index contributed by atoms with van der Waals surface area (Å²) in [5.41, 5.74) is 4.10. The van der Waals surface area contributed by atoms with Crippen LogP contribution in [0.3, 0.4) is 0 Å². The highest BCUT2D eigenvalue weighted by atomic mass is 16.5. The van der Waals surface area contributed by atoms with E-state index < -0.39 is 6.10 Å². The van der Waals surface area contributed by atoms with Gasteiger partial charge >= 0.3 is 0 Å². The van der Waals surface area contributed by atoms with Crippen LogP contribution in [0.2, 0.25) is 0 Å². The first-order valence-corrected chi connectivity index (χ1v) is 12.7. The number of anilines is 1. The second-order valence-corrected chi connectivity index (χ2v) is 9.70. The lowest BCUT2D eigenvalue weighted by Gasteiger charge is -2.36. The Balaban J connectivity index is 1.12. The van der Waals surface area contributed by atoms with E-state index in [1.54, 1.807) is 7.11 Å². The third-order valence-corrected chi connectivity index (χ3v) is 7.23. The Morgan fingerprint density at radius 1 is 0.944 bits per heavy atom. The molecular weight excluding hydrogens is 452 g/mol. The molecule has 2 atom stereocenters. The molecule has 188 valence electrons. The van der Waals surface area contributed by atoms with Gasteiger partial charge < -0.3 is 19.5 Å². The van der Waals surface area contributed by atoms with Gasteiger partial charge in [0.15, 0.2) is 5.78 Å². The summed E-state index contributed by atoms with van der Waals surface area (Å²) in [4.78, 5) is 17.8. The zero-order valence-corrected chi connectivity index (χ0v) is 20.8. The highest BCUT2D eigenvalue weighted by molar-refractivity contribution is 6.04. The first-order chi connectivity index (χ1) is 17.6. The SMILES string of the molecule is COc1ccc(N2CCN(C[C@@H](O)COc3cccc4c3C(=O)[C@@H](Cc3ccccc3)C4)CC2)cc1. The number of Topliss-reactive ketones (excluding diaryl/α,β-unsaturated/α-hetero) is 1. The molecule has 0 aromatic heterocycles. The average molecular weight is 487 g/mol. The van der Waals surface area contributed by atoms with E-state index in [1.165, 1.54) is 11.3 Å². The predicted molar refractivity (Wildman–Crippen MR) is 141 cm³/mol. The van der Waals surface area contributed by atoms with Crippen LogP contribution in [0.25, 0.3) is 0 Å². The molecule has 0 radical (unpaired) electrons. The molecule has 5 rings (SSSR count). The van der Waals surface area contributed by atoms with Gasteiger partial charge in [0, 0.05) is 44.3 Å². The number of rotatable bonds is 9. The summed E-state index contributed by atoms with van der Waals surface area (Å²) in [6.45, 7) is 4.29. The number of methoxy groups -OCH3 is 1. The number of aliphatic hydroxyl groups excluding tert-OH is 1. The van der Waals surface area contributed by atoms with Crippen LogP contribution in [0.15, 0.2) is 72.8 Å². The molecular formula is C30H34N2O4. The largest absolute Gasteiger partial charge is 0.497 e. The van der Waals surface area contributed by atoms with Crippen LogP contribution in [0.5, 0.6) is 11.5 Å². The molecule has 0 unspecified atom stereocenters. The van der Waals surface area contributed by atoms with Gasteiger partial charge in [-0.2, -0.15) is 0 Å². The second-order valence-electron chi connectivity index (χ2n) is 9.70. The van der Waals surface area contributed by atoms with Gasteiger partial charge in [0.1, 0.15) is 24.2 Å². The summed E-state index contributed by atoms with van der Waals surface area (Å²) in [5, 5.41) is 10.7. The Kier molecular flexibility index (Phi) is 7.54. The van der Waals surface area contributed by atoms with Gasteiger partial charge in [-0.15, -0.1) is 0 Å². The Bertz CT molecular complexity index is 1160. The molecule has 0 saturated carbocycles. The molecule has 0 spiro atoms. The van der Waals surface area contributed by atoms with E-state index in [9.17, 15) is 9.90 Å². The number of carbonyl (C=O) groups excluding carboxylic acids is 1. The molecule has 6 nitrogen and oxygen atoms in total. The monoisotopic (exact) mass is 486 g/mol. The molecule has 3 aromatic rings. The number of fused-ring (bicyclic) bond motifs is 1. The molecule has 1 fully saturated rings.